The van der Waals surface area contributed by atoms with Crippen LogP contribution in [0.1, 0.15) is 15.9 Å². The zero-order chi connectivity index (χ0) is 15.4. The third-order valence-corrected chi connectivity index (χ3v) is 3.26. The predicted octanol–water partition coefficient (Wildman–Crippen LogP) is 4.12. The van der Waals surface area contributed by atoms with Crippen LogP contribution in [0.5, 0.6) is 5.75 Å². The van der Waals surface area contributed by atoms with Crippen LogP contribution in [-0.2, 0) is 0 Å². The summed E-state index contributed by atoms with van der Waals surface area (Å²) in [6, 6.07) is 9.31. The van der Waals surface area contributed by atoms with Crippen LogP contribution in [-0.4, -0.2) is 17.2 Å². The van der Waals surface area contributed by atoms with Crippen molar-refractivity contribution in [1.29, 1.82) is 0 Å². The van der Waals surface area contributed by atoms with Crippen molar-refractivity contribution in [2.24, 2.45) is 5.10 Å². The summed E-state index contributed by atoms with van der Waals surface area (Å²) in [5, 5.41) is 14.4. The summed E-state index contributed by atoms with van der Waals surface area (Å²) in [7, 11) is 0. The van der Waals surface area contributed by atoms with Gasteiger partial charge in [0.2, 0.25) is 0 Å². The van der Waals surface area contributed by atoms with E-state index in [1.807, 2.05) is 0 Å². The maximum Gasteiger partial charge on any atom is 0.271 e. The fourth-order valence-electron chi connectivity index (χ4n) is 1.54. The number of hydrogen-bond acceptors (Lipinski definition) is 3. The Labute approximate surface area is 135 Å². The number of aromatic hydroxyl groups is 1. The van der Waals surface area contributed by atoms with Gasteiger partial charge < -0.3 is 5.11 Å². The molecule has 0 saturated carbocycles. The number of halogens is 3. The van der Waals surface area contributed by atoms with E-state index in [2.05, 4.69) is 10.5 Å². The van der Waals surface area contributed by atoms with Crippen molar-refractivity contribution in [2.45, 2.75) is 0 Å². The molecule has 0 heterocycles. The molecule has 0 bridgehead atoms. The lowest BCUT2D eigenvalue weighted by molar-refractivity contribution is 0.0955. The summed E-state index contributed by atoms with van der Waals surface area (Å²) in [5.74, 6) is -0.594. The van der Waals surface area contributed by atoms with E-state index in [0.29, 0.717) is 21.2 Å². The number of hydrazone groups is 1. The molecular formula is C14H9Cl3N2O2. The lowest BCUT2D eigenvalue weighted by atomic mass is 10.2. The van der Waals surface area contributed by atoms with Gasteiger partial charge in [0.1, 0.15) is 5.75 Å². The van der Waals surface area contributed by atoms with E-state index in [9.17, 15) is 9.90 Å². The molecule has 7 heteroatoms. The van der Waals surface area contributed by atoms with Gasteiger partial charge in [-0.3, -0.25) is 4.79 Å². The van der Waals surface area contributed by atoms with Crippen LogP contribution >= 0.6 is 34.8 Å². The molecule has 2 rings (SSSR count). The molecule has 108 valence electrons. The van der Waals surface area contributed by atoms with Crippen molar-refractivity contribution in [1.82, 2.24) is 5.43 Å². The third-order valence-electron chi connectivity index (χ3n) is 2.51. The van der Waals surface area contributed by atoms with E-state index < -0.39 is 5.91 Å². The highest BCUT2D eigenvalue weighted by Gasteiger charge is 2.07. The summed E-state index contributed by atoms with van der Waals surface area (Å²) >= 11 is 17.4. The van der Waals surface area contributed by atoms with Gasteiger partial charge in [0, 0.05) is 21.2 Å². The van der Waals surface area contributed by atoms with E-state index >= 15 is 0 Å². The molecule has 21 heavy (non-hydrogen) atoms. The van der Waals surface area contributed by atoms with Crippen LogP contribution in [0.2, 0.25) is 15.1 Å². The molecule has 2 aromatic rings. The molecule has 0 aromatic heterocycles. The van der Waals surface area contributed by atoms with E-state index in [4.69, 9.17) is 34.8 Å². The minimum absolute atomic E-state index is 0.102. The van der Waals surface area contributed by atoms with E-state index in [1.165, 1.54) is 24.4 Å². The van der Waals surface area contributed by atoms with E-state index in [-0.39, 0.29) is 10.8 Å². The normalized spacial score (nSPS) is 10.8. The monoisotopic (exact) mass is 342 g/mol. The summed E-state index contributed by atoms with van der Waals surface area (Å²) in [5.41, 5.74) is 2.97. The molecule has 0 radical (unpaired) electrons. The number of phenolic OH excluding ortho intramolecular Hbond substituents is 1. The zero-order valence-electron chi connectivity index (χ0n) is 10.5. The first kappa shape index (κ1) is 15.6. The Morgan fingerprint density at radius 2 is 1.90 bits per heavy atom. The van der Waals surface area contributed by atoms with Crippen molar-refractivity contribution < 1.29 is 9.90 Å². The molecule has 2 aromatic carbocycles. The van der Waals surface area contributed by atoms with Crippen LogP contribution in [0.3, 0.4) is 0 Å². The average Bonchev–Trinajstić information content (AvgIpc) is 2.43. The van der Waals surface area contributed by atoms with Crippen molar-refractivity contribution in [3.63, 3.8) is 0 Å². The molecule has 1 amide bonds. The van der Waals surface area contributed by atoms with Crippen molar-refractivity contribution in [2.75, 3.05) is 0 Å². The van der Waals surface area contributed by atoms with Crippen LogP contribution < -0.4 is 5.43 Å². The number of hydrogen-bond donors (Lipinski definition) is 2. The number of nitrogens with zero attached hydrogens (tertiary/aromatic N) is 1. The molecule has 2 N–H and O–H groups in total. The molecule has 0 spiro atoms. The fourth-order valence-corrected chi connectivity index (χ4v) is 2.24. The smallest absolute Gasteiger partial charge is 0.271 e. The molecule has 0 fully saturated rings. The van der Waals surface area contributed by atoms with Crippen molar-refractivity contribution in [3.8, 4) is 5.75 Å². The maximum absolute atomic E-state index is 11.8. The lowest BCUT2D eigenvalue weighted by Gasteiger charge is -2.03. The Hall–Kier alpha value is -1.75. The number of benzene rings is 2. The summed E-state index contributed by atoms with van der Waals surface area (Å²) in [6.45, 7) is 0. The Kier molecular flexibility index (Phi) is 5.07. The van der Waals surface area contributed by atoms with Crippen LogP contribution in [0, 0.1) is 0 Å². The number of carbonyl (C=O) groups is 1. The standard InChI is InChI=1S/C14H9Cl3N2O2/c15-10-3-1-2-8(4-10)14(21)19-18-7-9-5-11(16)6-12(17)13(9)20/h1-7,20H,(H,19,21)/b18-7-. The summed E-state index contributed by atoms with van der Waals surface area (Å²) < 4.78 is 0. The van der Waals surface area contributed by atoms with Gasteiger partial charge in [-0.2, -0.15) is 5.10 Å². The van der Waals surface area contributed by atoms with Gasteiger partial charge in [0.05, 0.1) is 11.2 Å². The number of carbonyl (C=O) groups excluding carboxylic acids is 1. The molecule has 0 atom stereocenters. The van der Waals surface area contributed by atoms with E-state index in [0.717, 1.165) is 0 Å². The van der Waals surface area contributed by atoms with Gasteiger partial charge in [-0.05, 0) is 30.3 Å². The number of phenols is 1. The van der Waals surface area contributed by atoms with Gasteiger partial charge in [-0.1, -0.05) is 40.9 Å². The zero-order valence-corrected chi connectivity index (χ0v) is 12.7. The SMILES string of the molecule is O=C(N/N=C\c1cc(Cl)cc(Cl)c1O)c1cccc(Cl)c1. The fraction of sp³-hybridized carbons (Fsp3) is 0. The number of nitrogens with one attached hydrogen (secondary N) is 1. The Morgan fingerprint density at radius 3 is 2.62 bits per heavy atom. The molecular weight excluding hydrogens is 335 g/mol. The molecule has 0 unspecified atom stereocenters. The van der Waals surface area contributed by atoms with Crippen LogP contribution in [0.4, 0.5) is 0 Å². The molecule has 4 nitrogen and oxygen atoms in total. The topological polar surface area (TPSA) is 61.7 Å². The highest BCUT2D eigenvalue weighted by atomic mass is 35.5. The average molecular weight is 344 g/mol. The van der Waals surface area contributed by atoms with Gasteiger partial charge in [-0.25, -0.2) is 5.43 Å². The van der Waals surface area contributed by atoms with Gasteiger partial charge in [0.25, 0.3) is 5.91 Å². The Balaban J connectivity index is 2.11. The van der Waals surface area contributed by atoms with Gasteiger partial charge in [0.15, 0.2) is 0 Å². The largest absolute Gasteiger partial charge is 0.506 e. The molecule has 0 aliphatic carbocycles. The molecule has 0 saturated heterocycles. The Bertz CT molecular complexity index is 717. The minimum atomic E-state index is -0.429. The third kappa shape index (κ3) is 4.11. The predicted molar refractivity (Wildman–Crippen MR) is 84.6 cm³/mol. The number of rotatable bonds is 3. The van der Waals surface area contributed by atoms with Crippen LogP contribution in [0.25, 0.3) is 0 Å². The quantitative estimate of drug-likeness (QED) is 0.650. The number of amides is 1. The van der Waals surface area contributed by atoms with Crippen molar-refractivity contribution in [3.05, 3.63) is 62.6 Å². The first-order valence-corrected chi connectivity index (χ1v) is 6.88. The maximum atomic E-state index is 11.8. The summed E-state index contributed by atoms with van der Waals surface area (Å²) in [4.78, 5) is 11.8. The highest BCUT2D eigenvalue weighted by molar-refractivity contribution is 6.36. The minimum Gasteiger partial charge on any atom is -0.506 e. The van der Waals surface area contributed by atoms with Crippen molar-refractivity contribution >= 4 is 46.9 Å². The summed E-state index contributed by atoms with van der Waals surface area (Å²) in [6.07, 6.45) is 1.25. The van der Waals surface area contributed by atoms with Gasteiger partial charge >= 0.3 is 0 Å². The molecule has 0 aliphatic heterocycles. The molecule has 0 aliphatic rings. The lowest BCUT2D eigenvalue weighted by Crippen LogP contribution is -2.17. The highest BCUT2D eigenvalue weighted by Crippen LogP contribution is 2.29. The van der Waals surface area contributed by atoms with Crippen LogP contribution in [0.15, 0.2) is 41.5 Å². The van der Waals surface area contributed by atoms with Gasteiger partial charge in [-0.15, -0.1) is 0 Å². The Morgan fingerprint density at radius 1 is 1.14 bits per heavy atom. The second kappa shape index (κ2) is 6.80. The first-order valence-electron chi connectivity index (χ1n) is 5.74. The second-order valence-electron chi connectivity index (χ2n) is 4.03. The second-order valence-corrected chi connectivity index (χ2v) is 5.31. The van der Waals surface area contributed by atoms with E-state index in [1.54, 1.807) is 18.2 Å². The first-order chi connectivity index (χ1) is 9.97.